The second kappa shape index (κ2) is 5.51. The van der Waals surface area contributed by atoms with Crippen LogP contribution in [0.15, 0.2) is 22.7 Å². The van der Waals surface area contributed by atoms with Crippen molar-refractivity contribution in [2.24, 2.45) is 0 Å². The Morgan fingerprint density at radius 1 is 1.61 bits per heavy atom. The van der Waals surface area contributed by atoms with E-state index in [0.29, 0.717) is 18.7 Å². The van der Waals surface area contributed by atoms with Crippen molar-refractivity contribution in [3.05, 3.63) is 33.8 Å². The number of morpholine rings is 1. The van der Waals surface area contributed by atoms with Crippen LogP contribution in [0.4, 0.5) is 0 Å². The number of hydrogen-bond acceptors (Lipinski definition) is 3. The molecular formula is C13H13BrN2O2. The summed E-state index contributed by atoms with van der Waals surface area (Å²) in [7, 11) is 0. The third-order valence-electron chi connectivity index (χ3n) is 2.97. The van der Waals surface area contributed by atoms with Gasteiger partial charge in [0.25, 0.3) is 5.91 Å². The summed E-state index contributed by atoms with van der Waals surface area (Å²) in [6, 6.07) is 7.19. The van der Waals surface area contributed by atoms with Gasteiger partial charge in [-0.3, -0.25) is 4.79 Å². The van der Waals surface area contributed by atoms with Gasteiger partial charge in [-0.1, -0.05) is 22.0 Å². The minimum atomic E-state index is -0.496. The molecule has 0 bridgehead atoms. The number of hydrogen-bond donors (Lipinski definition) is 0. The Morgan fingerprint density at radius 3 is 3.11 bits per heavy atom. The van der Waals surface area contributed by atoms with Crippen LogP contribution in [0.1, 0.15) is 15.9 Å². The Kier molecular flexibility index (Phi) is 4.00. The first-order valence-corrected chi connectivity index (χ1v) is 6.47. The molecule has 1 saturated heterocycles. The molecular weight excluding hydrogens is 296 g/mol. The highest BCUT2D eigenvalue weighted by molar-refractivity contribution is 9.10. The standard InChI is InChI=1S/C13H13BrN2O2/c1-9-2-3-10(14)6-12(9)13(17)16-4-5-18-8-11(16)7-15/h2-3,6,11H,4-5,8H2,1H3/t11-/m0/s1. The van der Waals surface area contributed by atoms with Crippen LogP contribution < -0.4 is 0 Å². The van der Waals surface area contributed by atoms with Crippen molar-refractivity contribution in [3.63, 3.8) is 0 Å². The maximum absolute atomic E-state index is 12.4. The highest BCUT2D eigenvalue weighted by Gasteiger charge is 2.28. The summed E-state index contributed by atoms with van der Waals surface area (Å²) in [5.74, 6) is -0.108. The minimum Gasteiger partial charge on any atom is -0.376 e. The highest BCUT2D eigenvalue weighted by Crippen LogP contribution is 2.19. The van der Waals surface area contributed by atoms with Crippen LogP contribution in [0.3, 0.4) is 0 Å². The predicted molar refractivity (Wildman–Crippen MR) is 70.1 cm³/mol. The Hall–Kier alpha value is -1.38. The van der Waals surface area contributed by atoms with Crippen molar-refractivity contribution >= 4 is 21.8 Å². The number of rotatable bonds is 1. The molecule has 0 N–H and O–H groups in total. The van der Waals surface area contributed by atoms with E-state index in [4.69, 9.17) is 10.00 Å². The third-order valence-corrected chi connectivity index (χ3v) is 3.46. The lowest BCUT2D eigenvalue weighted by Gasteiger charge is -2.31. The van der Waals surface area contributed by atoms with Gasteiger partial charge in [0.1, 0.15) is 6.04 Å². The zero-order chi connectivity index (χ0) is 13.1. The summed E-state index contributed by atoms with van der Waals surface area (Å²) in [5.41, 5.74) is 1.54. The fourth-order valence-corrected chi connectivity index (χ4v) is 2.29. The molecule has 5 heteroatoms. The van der Waals surface area contributed by atoms with Gasteiger partial charge in [0.05, 0.1) is 19.3 Å². The molecule has 1 heterocycles. The van der Waals surface area contributed by atoms with E-state index in [-0.39, 0.29) is 12.5 Å². The molecule has 0 spiro atoms. The lowest BCUT2D eigenvalue weighted by molar-refractivity contribution is 0.0132. The Labute approximate surface area is 114 Å². The molecule has 0 aliphatic carbocycles. The summed E-state index contributed by atoms with van der Waals surface area (Å²) in [4.78, 5) is 14.0. The van der Waals surface area contributed by atoms with Gasteiger partial charge in [0.2, 0.25) is 0 Å². The number of ether oxygens (including phenoxy) is 1. The van der Waals surface area contributed by atoms with Gasteiger partial charge in [-0.15, -0.1) is 0 Å². The molecule has 2 rings (SSSR count). The maximum atomic E-state index is 12.4. The van der Waals surface area contributed by atoms with E-state index >= 15 is 0 Å². The summed E-state index contributed by atoms with van der Waals surface area (Å²) >= 11 is 3.36. The predicted octanol–water partition coefficient (Wildman–Crippen LogP) is 2.12. The highest BCUT2D eigenvalue weighted by atomic mass is 79.9. The van der Waals surface area contributed by atoms with E-state index in [2.05, 4.69) is 22.0 Å². The van der Waals surface area contributed by atoms with Crippen molar-refractivity contribution in [1.29, 1.82) is 5.26 Å². The molecule has 4 nitrogen and oxygen atoms in total. The first-order chi connectivity index (χ1) is 8.63. The molecule has 1 atom stereocenters. The van der Waals surface area contributed by atoms with Gasteiger partial charge < -0.3 is 9.64 Å². The molecule has 1 fully saturated rings. The van der Waals surface area contributed by atoms with Crippen LogP contribution in [0, 0.1) is 18.3 Å². The fraction of sp³-hybridized carbons (Fsp3) is 0.385. The fourth-order valence-electron chi connectivity index (χ4n) is 1.93. The van der Waals surface area contributed by atoms with Crippen LogP contribution in [-0.2, 0) is 4.74 Å². The maximum Gasteiger partial charge on any atom is 0.255 e. The summed E-state index contributed by atoms with van der Waals surface area (Å²) in [5, 5.41) is 9.05. The average Bonchev–Trinajstić information content (AvgIpc) is 2.40. The van der Waals surface area contributed by atoms with Gasteiger partial charge in [-0.25, -0.2) is 0 Å². The molecule has 0 saturated carbocycles. The molecule has 1 amide bonds. The molecule has 18 heavy (non-hydrogen) atoms. The molecule has 1 aromatic rings. The van der Waals surface area contributed by atoms with E-state index in [1.54, 1.807) is 11.0 Å². The van der Waals surface area contributed by atoms with Crippen LogP contribution in [0.2, 0.25) is 0 Å². The minimum absolute atomic E-state index is 0.108. The van der Waals surface area contributed by atoms with E-state index in [1.807, 2.05) is 19.1 Å². The topological polar surface area (TPSA) is 53.3 Å². The van der Waals surface area contributed by atoms with E-state index < -0.39 is 6.04 Å². The number of benzene rings is 1. The van der Waals surface area contributed by atoms with E-state index in [9.17, 15) is 4.79 Å². The van der Waals surface area contributed by atoms with E-state index in [0.717, 1.165) is 10.0 Å². The second-order valence-electron chi connectivity index (χ2n) is 4.18. The lowest BCUT2D eigenvalue weighted by atomic mass is 10.1. The van der Waals surface area contributed by atoms with Crippen LogP contribution in [-0.4, -0.2) is 36.6 Å². The monoisotopic (exact) mass is 308 g/mol. The Bertz CT molecular complexity index is 510. The number of nitriles is 1. The molecule has 94 valence electrons. The number of carbonyl (C=O) groups excluding carboxylic acids is 1. The second-order valence-corrected chi connectivity index (χ2v) is 5.09. The lowest BCUT2D eigenvalue weighted by Crippen LogP contribution is -2.48. The van der Waals surface area contributed by atoms with Crippen molar-refractivity contribution < 1.29 is 9.53 Å². The summed E-state index contributed by atoms with van der Waals surface area (Å²) in [6.07, 6.45) is 0. The normalized spacial score (nSPS) is 19.4. The number of amides is 1. The van der Waals surface area contributed by atoms with Crippen molar-refractivity contribution in [3.8, 4) is 6.07 Å². The zero-order valence-electron chi connectivity index (χ0n) is 10.0. The number of halogens is 1. The SMILES string of the molecule is Cc1ccc(Br)cc1C(=O)N1CCOC[C@@H]1C#N. The number of carbonyl (C=O) groups is 1. The van der Waals surface area contributed by atoms with Crippen molar-refractivity contribution in [2.75, 3.05) is 19.8 Å². The van der Waals surface area contributed by atoms with Crippen molar-refractivity contribution in [1.82, 2.24) is 4.90 Å². The van der Waals surface area contributed by atoms with Crippen LogP contribution in [0.5, 0.6) is 0 Å². The summed E-state index contributed by atoms with van der Waals surface area (Å²) in [6.45, 7) is 3.12. The van der Waals surface area contributed by atoms with Crippen LogP contribution in [0.25, 0.3) is 0 Å². The number of aryl methyl sites for hydroxylation is 1. The first-order valence-electron chi connectivity index (χ1n) is 5.68. The third kappa shape index (κ3) is 2.55. The number of nitrogens with zero attached hydrogens (tertiary/aromatic N) is 2. The molecule has 1 aliphatic rings. The van der Waals surface area contributed by atoms with Gasteiger partial charge >= 0.3 is 0 Å². The van der Waals surface area contributed by atoms with Crippen LogP contribution >= 0.6 is 15.9 Å². The Morgan fingerprint density at radius 2 is 2.39 bits per heavy atom. The molecule has 0 aromatic heterocycles. The quantitative estimate of drug-likeness (QED) is 0.798. The first kappa shape index (κ1) is 13.1. The van der Waals surface area contributed by atoms with Gasteiger partial charge in [0.15, 0.2) is 0 Å². The smallest absolute Gasteiger partial charge is 0.255 e. The summed E-state index contributed by atoms with van der Waals surface area (Å²) < 4.78 is 6.08. The zero-order valence-corrected chi connectivity index (χ0v) is 11.6. The van der Waals surface area contributed by atoms with Gasteiger partial charge in [0, 0.05) is 16.6 Å². The Balaban J connectivity index is 2.30. The molecule has 0 unspecified atom stereocenters. The van der Waals surface area contributed by atoms with Gasteiger partial charge in [-0.2, -0.15) is 5.26 Å². The van der Waals surface area contributed by atoms with E-state index in [1.165, 1.54) is 0 Å². The van der Waals surface area contributed by atoms with Crippen molar-refractivity contribution in [2.45, 2.75) is 13.0 Å². The average molecular weight is 309 g/mol. The largest absolute Gasteiger partial charge is 0.376 e. The molecule has 1 aliphatic heterocycles. The van der Waals surface area contributed by atoms with Gasteiger partial charge in [-0.05, 0) is 24.6 Å². The molecule has 0 radical (unpaired) electrons. The molecule has 1 aromatic carbocycles.